The summed E-state index contributed by atoms with van der Waals surface area (Å²) in [4.78, 5) is 2.06. The first kappa shape index (κ1) is 40.2. The van der Waals surface area contributed by atoms with Gasteiger partial charge in [0.25, 0.3) is 0 Å². The molecule has 2 nitrogen and oxygen atoms in total. The average Bonchev–Trinajstić information content (AvgIpc) is 3.76. The number of fused-ring (bicyclic) bond motifs is 2. The summed E-state index contributed by atoms with van der Waals surface area (Å²) < 4.78 is 19.6. The molecule has 0 spiro atoms. The van der Waals surface area contributed by atoms with Gasteiger partial charge in [0.2, 0.25) is 0 Å². The molecule has 0 N–H and O–H groups in total. The molecule has 69 heavy (non-hydrogen) atoms. The van der Waals surface area contributed by atoms with Gasteiger partial charge in [-0.15, -0.1) is 0 Å². The second kappa shape index (κ2) is 16.7. The van der Waals surface area contributed by atoms with Crippen LogP contribution in [0.2, 0.25) is 0 Å². The summed E-state index contributed by atoms with van der Waals surface area (Å²) >= 11 is 0. The van der Waals surface area contributed by atoms with Gasteiger partial charge < -0.3 is 9.47 Å². The number of rotatable bonds is 9. The molecule has 13 aromatic rings. The van der Waals surface area contributed by atoms with E-state index in [1.54, 1.807) is 6.07 Å². The highest BCUT2D eigenvalue weighted by molar-refractivity contribution is 6.25. The zero-order valence-corrected chi connectivity index (χ0v) is 37.6. The molecule has 0 saturated carbocycles. The first-order valence-electron chi connectivity index (χ1n) is 23.5. The smallest absolute Gasteiger partial charge is 0.148 e. The van der Waals surface area contributed by atoms with E-state index in [2.05, 4.69) is 185 Å². The Balaban J connectivity index is 0.944. The second-order valence-electron chi connectivity index (χ2n) is 17.8. The van der Waals surface area contributed by atoms with Gasteiger partial charge in [-0.05, 0) is 138 Å². The van der Waals surface area contributed by atoms with Crippen LogP contribution in [0.25, 0.3) is 105 Å². The molecule has 12 aromatic carbocycles. The van der Waals surface area contributed by atoms with Gasteiger partial charge in [-0.3, -0.25) is 0 Å². The number of aromatic nitrogens is 1. The molecular weight excluding hydrogens is 840 g/mol. The topological polar surface area (TPSA) is 8.17 Å². The Morgan fingerprint density at radius 2 is 0.942 bits per heavy atom. The van der Waals surface area contributed by atoms with E-state index in [1.807, 2.05) is 78.9 Å². The second-order valence-corrected chi connectivity index (χ2v) is 17.8. The van der Waals surface area contributed by atoms with Crippen molar-refractivity contribution in [2.24, 2.45) is 0 Å². The summed E-state index contributed by atoms with van der Waals surface area (Å²) in [6.45, 7) is 0. The number of halogens is 1. The highest BCUT2D eigenvalue weighted by atomic mass is 19.1. The van der Waals surface area contributed by atoms with Crippen LogP contribution in [0, 0.1) is 5.82 Å². The molecule has 1 aromatic heterocycles. The molecule has 1 heterocycles. The first-order valence-corrected chi connectivity index (χ1v) is 23.5. The third-order valence-electron chi connectivity index (χ3n) is 13.8. The number of para-hydroxylation sites is 2. The van der Waals surface area contributed by atoms with E-state index in [-0.39, 0.29) is 5.82 Å². The van der Waals surface area contributed by atoms with Crippen molar-refractivity contribution in [2.75, 3.05) is 4.90 Å². The van der Waals surface area contributed by atoms with Crippen molar-refractivity contribution < 1.29 is 4.39 Å². The van der Waals surface area contributed by atoms with Gasteiger partial charge in [-0.25, -0.2) is 4.39 Å². The van der Waals surface area contributed by atoms with Gasteiger partial charge >= 0.3 is 0 Å². The summed E-state index contributed by atoms with van der Waals surface area (Å²) in [5.41, 5.74) is 13.9. The van der Waals surface area contributed by atoms with E-state index >= 15 is 4.39 Å². The SMILES string of the molecule is Fc1cc(-c2ccccc2)cc(-c2ccccc2)c1N(c1ccccc1)c1ccc(-c2c3ccccc3c(/C=C/c3cc4ccc5cccc6c5c4c(c3)n6-c3ccccc3)c3ccccc23)cc1. The Hall–Kier alpha value is -9.05. The minimum Gasteiger partial charge on any atom is -0.309 e. The molecule has 0 aliphatic rings. The molecule has 0 saturated heterocycles. The Morgan fingerprint density at radius 1 is 0.377 bits per heavy atom. The molecule has 324 valence electrons. The normalized spacial score (nSPS) is 11.8. The third-order valence-corrected chi connectivity index (χ3v) is 13.8. The van der Waals surface area contributed by atoms with Gasteiger partial charge in [-0.1, -0.05) is 194 Å². The van der Waals surface area contributed by atoms with Gasteiger partial charge in [0, 0.05) is 33.4 Å². The number of hydrogen-bond acceptors (Lipinski definition) is 1. The lowest BCUT2D eigenvalue weighted by atomic mass is 9.88. The summed E-state index contributed by atoms with van der Waals surface area (Å²) in [6.07, 6.45) is 4.58. The standard InChI is InChI=1S/C66H43FN2/c67-60-43-50(45-18-5-1-6-19-45)42-59(46-20-7-2-8-21-46)66(60)68(51-23-9-3-10-24-51)53-37-35-48(36-38-53)63-57-29-15-13-27-54(57)56(55-28-14-16-30-58(55)63)39-32-44-40-49-34-33-47-22-17-31-61-64(47)65(49)62(41-44)69(61)52-25-11-4-12-26-52/h1-43H/b39-32+. The molecule has 0 bridgehead atoms. The van der Waals surface area contributed by atoms with Crippen LogP contribution in [-0.4, -0.2) is 4.57 Å². The fourth-order valence-corrected chi connectivity index (χ4v) is 10.7. The molecule has 0 radical (unpaired) electrons. The van der Waals surface area contributed by atoms with Crippen LogP contribution < -0.4 is 4.90 Å². The molecule has 0 aliphatic heterocycles. The van der Waals surface area contributed by atoms with Gasteiger partial charge in [0.1, 0.15) is 5.82 Å². The molecule has 0 fully saturated rings. The summed E-state index contributed by atoms with van der Waals surface area (Å²) in [7, 11) is 0. The van der Waals surface area contributed by atoms with Crippen molar-refractivity contribution in [2.45, 2.75) is 0 Å². The van der Waals surface area contributed by atoms with Gasteiger partial charge in [0.15, 0.2) is 0 Å². The summed E-state index contributed by atoms with van der Waals surface area (Å²) in [6, 6.07) is 86.7. The lowest BCUT2D eigenvalue weighted by Crippen LogP contribution is -2.13. The van der Waals surface area contributed by atoms with Crippen LogP contribution in [0.15, 0.2) is 249 Å². The highest BCUT2D eigenvalue weighted by Crippen LogP contribution is 2.47. The molecule has 13 rings (SSSR count). The zero-order valence-electron chi connectivity index (χ0n) is 37.6. The van der Waals surface area contributed by atoms with Crippen molar-refractivity contribution in [3.05, 3.63) is 266 Å². The van der Waals surface area contributed by atoms with E-state index in [0.29, 0.717) is 5.69 Å². The van der Waals surface area contributed by atoms with E-state index in [0.717, 1.165) is 50.4 Å². The van der Waals surface area contributed by atoms with E-state index in [1.165, 1.54) is 65.3 Å². The molecule has 0 unspecified atom stereocenters. The number of hydrogen-bond donors (Lipinski definition) is 0. The highest BCUT2D eigenvalue weighted by Gasteiger charge is 2.24. The van der Waals surface area contributed by atoms with Crippen LogP contribution in [0.4, 0.5) is 21.5 Å². The van der Waals surface area contributed by atoms with Crippen molar-refractivity contribution in [1.29, 1.82) is 0 Å². The van der Waals surface area contributed by atoms with Crippen molar-refractivity contribution in [3.8, 4) is 39.1 Å². The summed E-state index contributed by atoms with van der Waals surface area (Å²) in [5, 5.41) is 9.78. The minimum atomic E-state index is -0.299. The lowest BCUT2D eigenvalue weighted by Gasteiger charge is -2.29. The quantitative estimate of drug-likeness (QED) is 0.0797. The maximum atomic E-state index is 17.2. The number of anilines is 3. The predicted molar refractivity (Wildman–Crippen MR) is 291 cm³/mol. The van der Waals surface area contributed by atoms with Crippen LogP contribution in [0.5, 0.6) is 0 Å². The molecule has 3 heteroatoms. The van der Waals surface area contributed by atoms with Crippen molar-refractivity contribution >= 4 is 83.3 Å². The van der Waals surface area contributed by atoms with E-state index in [4.69, 9.17) is 0 Å². The predicted octanol–water partition coefficient (Wildman–Crippen LogP) is 18.5. The maximum absolute atomic E-state index is 17.2. The molecule has 0 aliphatic carbocycles. The van der Waals surface area contributed by atoms with Crippen LogP contribution in [0.3, 0.4) is 0 Å². The van der Waals surface area contributed by atoms with Crippen molar-refractivity contribution in [1.82, 2.24) is 4.57 Å². The average molecular weight is 883 g/mol. The van der Waals surface area contributed by atoms with E-state index in [9.17, 15) is 0 Å². The summed E-state index contributed by atoms with van der Waals surface area (Å²) in [5.74, 6) is -0.299. The van der Waals surface area contributed by atoms with Crippen LogP contribution >= 0.6 is 0 Å². The third kappa shape index (κ3) is 6.86. The number of benzene rings is 12. The van der Waals surface area contributed by atoms with Crippen LogP contribution in [0.1, 0.15) is 11.1 Å². The Labute approximate surface area is 400 Å². The Morgan fingerprint density at radius 3 is 1.62 bits per heavy atom. The molecule has 0 atom stereocenters. The molecular formula is C66H43FN2. The number of nitrogens with zero attached hydrogens (tertiary/aromatic N) is 2. The fraction of sp³-hybridized carbons (Fsp3) is 0. The Kier molecular flexibility index (Phi) is 9.73. The van der Waals surface area contributed by atoms with Crippen LogP contribution in [-0.2, 0) is 0 Å². The van der Waals surface area contributed by atoms with Gasteiger partial charge in [-0.2, -0.15) is 0 Å². The zero-order chi connectivity index (χ0) is 45.8. The first-order chi connectivity index (χ1) is 34.2. The van der Waals surface area contributed by atoms with Crippen molar-refractivity contribution in [3.63, 3.8) is 0 Å². The maximum Gasteiger partial charge on any atom is 0.148 e. The lowest BCUT2D eigenvalue weighted by molar-refractivity contribution is 0.630. The van der Waals surface area contributed by atoms with Gasteiger partial charge in [0.05, 0.1) is 16.7 Å². The fourth-order valence-electron chi connectivity index (χ4n) is 10.7. The molecule has 0 amide bonds. The monoisotopic (exact) mass is 882 g/mol. The Bertz CT molecular complexity index is 3990. The largest absolute Gasteiger partial charge is 0.309 e. The van der Waals surface area contributed by atoms with E-state index < -0.39 is 0 Å². The minimum absolute atomic E-state index is 0.299.